The minimum atomic E-state index is 0.592. The van der Waals surface area contributed by atoms with E-state index in [-0.39, 0.29) is 0 Å². The Kier molecular flexibility index (Phi) is 7.13. The first-order valence-corrected chi connectivity index (χ1v) is 9.66. The van der Waals surface area contributed by atoms with E-state index in [1.807, 2.05) is 54.6 Å². The third-order valence-corrected chi connectivity index (χ3v) is 5.02. The first kappa shape index (κ1) is 22.2. The minimum Gasteiger partial charge on any atom is -0.493 e. The van der Waals surface area contributed by atoms with Crippen molar-refractivity contribution in [1.29, 1.82) is 0 Å². The standard InChI is InChI=1S/C25H27O6/c1-26-19-13-7-10-16(23(19)29-4)22(17-11-8-14-20(27-2)24(17)30-5)18-12-9-15-21(28-3)25(18)31-6/h7-15H,1-6H3. The fourth-order valence-electron chi connectivity index (χ4n) is 3.69. The largest absolute Gasteiger partial charge is 0.493 e. The molecule has 0 fully saturated rings. The second kappa shape index (κ2) is 9.98. The molecule has 1 radical (unpaired) electrons. The van der Waals surface area contributed by atoms with Crippen molar-refractivity contribution < 1.29 is 28.4 Å². The van der Waals surface area contributed by atoms with E-state index >= 15 is 0 Å². The molecule has 31 heavy (non-hydrogen) atoms. The molecule has 6 heteroatoms. The van der Waals surface area contributed by atoms with Crippen LogP contribution in [0.1, 0.15) is 16.7 Å². The molecule has 0 saturated carbocycles. The summed E-state index contributed by atoms with van der Waals surface area (Å²) in [7, 11) is 9.68. The molecule has 0 spiro atoms. The van der Waals surface area contributed by atoms with Gasteiger partial charge < -0.3 is 28.4 Å². The average Bonchev–Trinajstić information content (AvgIpc) is 2.83. The summed E-state index contributed by atoms with van der Waals surface area (Å²) in [6.07, 6.45) is 0. The van der Waals surface area contributed by atoms with Gasteiger partial charge in [-0.1, -0.05) is 36.4 Å². The maximum atomic E-state index is 5.76. The highest BCUT2D eigenvalue weighted by molar-refractivity contribution is 5.72. The van der Waals surface area contributed by atoms with Crippen molar-refractivity contribution in [3.8, 4) is 34.5 Å². The van der Waals surface area contributed by atoms with Gasteiger partial charge in [0.1, 0.15) is 0 Å². The number of hydrogen-bond acceptors (Lipinski definition) is 6. The molecule has 3 rings (SSSR count). The molecule has 0 N–H and O–H groups in total. The third kappa shape index (κ3) is 4.06. The van der Waals surface area contributed by atoms with E-state index in [4.69, 9.17) is 28.4 Å². The summed E-state index contributed by atoms with van der Waals surface area (Å²) in [5.41, 5.74) is 2.42. The molecule has 0 heterocycles. The van der Waals surface area contributed by atoms with Gasteiger partial charge in [-0.05, 0) is 18.2 Å². The molecule has 0 aliphatic heterocycles. The molecule has 0 saturated heterocycles. The molecule has 0 bridgehead atoms. The van der Waals surface area contributed by atoms with Gasteiger partial charge in [0.05, 0.1) is 48.6 Å². The Hall–Kier alpha value is -3.54. The Morgan fingerprint density at radius 2 is 0.710 bits per heavy atom. The smallest absolute Gasteiger partial charge is 0.165 e. The van der Waals surface area contributed by atoms with Crippen LogP contribution in [-0.2, 0) is 0 Å². The van der Waals surface area contributed by atoms with Gasteiger partial charge in [-0.15, -0.1) is 0 Å². The molecule has 0 unspecified atom stereocenters. The second-order valence-electron chi connectivity index (χ2n) is 6.50. The van der Waals surface area contributed by atoms with E-state index in [1.165, 1.54) is 0 Å². The fourth-order valence-corrected chi connectivity index (χ4v) is 3.69. The van der Waals surface area contributed by atoms with E-state index in [0.29, 0.717) is 34.5 Å². The van der Waals surface area contributed by atoms with Crippen molar-refractivity contribution in [3.05, 3.63) is 77.2 Å². The van der Waals surface area contributed by atoms with Crippen LogP contribution in [0.25, 0.3) is 0 Å². The Morgan fingerprint density at radius 3 is 0.935 bits per heavy atom. The second-order valence-corrected chi connectivity index (χ2v) is 6.50. The van der Waals surface area contributed by atoms with Gasteiger partial charge in [0, 0.05) is 16.7 Å². The van der Waals surface area contributed by atoms with Gasteiger partial charge in [0.15, 0.2) is 34.5 Å². The summed E-state index contributed by atoms with van der Waals surface area (Å²) in [5.74, 6) is 4.44. The summed E-state index contributed by atoms with van der Waals surface area (Å²) < 4.78 is 33.9. The number of para-hydroxylation sites is 3. The zero-order valence-electron chi connectivity index (χ0n) is 18.6. The minimum absolute atomic E-state index is 0.592. The van der Waals surface area contributed by atoms with Crippen LogP contribution in [0.3, 0.4) is 0 Å². The normalized spacial score (nSPS) is 10.5. The molecular weight excluding hydrogens is 396 g/mol. The van der Waals surface area contributed by atoms with Crippen molar-refractivity contribution >= 4 is 0 Å². The predicted octanol–water partition coefficient (Wildman–Crippen LogP) is 4.76. The van der Waals surface area contributed by atoms with Crippen LogP contribution < -0.4 is 28.4 Å². The zero-order valence-corrected chi connectivity index (χ0v) is 18.6. The quantitative estimate of drug-likeness (QED) is 0.463. The monoisotopic (exact) mass is 423 g/mol. The van der Waals surface area contributed by atoms with Gasteiger partial charge in [-0.2, -0.15) is 0 Å². The first-order chi connectivity index (χ1) is 15.1. The number of methoxy groups -OCH3 is 6. The van der Waals surface area contributed by atoms with Crippen molar-refractivity contribution in [2.24, 2.45) is 0 Å². The van der Waals surface area contributed by atoms with Crippen LogP contribution >= 0.6 is 0 Å². The third-order valence-electron chi connectivity index (χ3n) is 5.02. The van der Waals surface area contributed by atoms with Crippen LogP contribution in [0, 0.1) is 5.92 Å². The highest BCUT2D eigenvalue weighted by Gasteiger charge is 2.31. The van der Waals surface area contributed by atoms with E-state index in [0.717, 1.165) is 22.6 Å². The topological polar surface area (TPSA) is 55.4 Å². The number of hydrogen-bond donors (Lipinski definition) is 0. The van der Waals surface area contributed by atoms with Gasteiger partial charge in [0.25, 0.3) is 0 Å². The summed E-state index contributed by atoms with van der Waals surface area (Å²) in [6.45, 7) is 0. The lowest BCUT2D eigenvalue weighted by Crippen LogP contribution is -2.11. The summed E-state index contributed by atoms with van der Waals surface area (Å²) >= 11 is 0. The molecule has 0 aliphatic carbocycles. The Labute approximate surface area is 183 Å². The summed E-state index contributed by atoms with van der Waals surface area (Å²) in [6, 6.07) is 17.2. The van der Waals surface area contributed by atoms with Crippen LogP contribution in [0.15, 0.2) is 54.6 Å². The van der Waals surface area contributed by atoms with Gasteiger partial charge >= 0.3 is 0 Å². The van der Waals surface area contributed by atoms with Gasteiger partial charge in [0.2, 0.25) is 0 Å². The van der Waals surface area contributed by atoms with Crippen molar-refractivity contribution in [1.82, 2.24) is 0 Å². The maximum absolute atomic E-state index is 5.76. The Balaban J connectivity index is 2.41. The van der Waals surface area contributed by atoms with E-state index < -0.39 is 0 Å². The van der Waals surface area contributed by atoms with Crippen LogP contribution in [0.5, 0.6) is 34.5 Å². The van der Waals surface area contributed by atoms with Crippen LogP contribution in [0.4, 0.5) is 0 Å². The van der Waals surface area contributed by atoms with Crippen LogP contribution in [0.2, 0.25) is 0 Å². The van der Waals surface area contributed by atoms with Crippen molar-refractivity contribution in [2.45, 2.75) is 0 Å². The van der Waals surface area contributed by atoms with Crippen molar-refractivity contribution in [3.63, 3.8) is 0 Å². The Bertz CT molecular complexity index is 899. The first-order valence-electron chi connectivity index (χ1n) is 9.66. The van der Waals surface area contributed by atoms with Crippen LogP contribution in [-0.4, -0.2) is 42.7 Å². The summed E-state index contributed by atoms with van der Waals surface area (Å²) in [4.78, 5) is 0. The molecule has 163 valence electrons. The molecule has 0 aromatic heterocycles. The Morgan fingerprint density at radius 1 is 0.419 bits per heavy atom. The molecule has 0 aliphatic rings. The lowest BCUT2D eigenvalue weighted by molar-refractivity contribution is 0.347. The number of benzene rings is 3. The molecule has 0 atom stereocenters. The SMILES string of the molecule is COc1cccc([C](c2cccc(OC)c2OC)c2cccc(OC)c2OC)c1OC. The van der Waals surface area contributed by atoms with E-state index in [9.17, 15) is 0 Å². The molecule has 0 amide bonds. The van der Waals surface area contributed by atoms with Crippen molar-refractivity contribution in [2.75, 3.05) is 42.7 Å². The molecular formula is C25H27O6. The number of ether oxygens (including phenoxy) is 6. The number of rotatable bonds is 9. The molecule has 3 aromatic rings. The average molecular weight is 423 g/mol. The summed E-state index contributed by atoms with van der Waals surface area (Å²) in [5, 5.41) is 0. The van der Waals surface area contributed by atoms with E-state index in [1.54, 1.807) is 42.7 Å². The molecule has 6 nitrogen and oxygen atoms in total. The lowest BCUT2D eigenvalue weighted by atomic mass is 9.83. The molecule has 3 aromatic carbocycles. The highest BCUT2D eigenvalue weighted by atomic mass is 16.5. The lowest BCUT2D eigenvalue weighted by Gasteiger charge is -2.26. The highest BCUT2D eigenvalue weighted by Crippen LogP contribution is 2.49. The van der Waals surface area contributed by atoms with E-state index in [2.05, 4.69) is 0 Å². The maximum Gasteiger partial charge on any atom is 0.165 e. The van der Waals surface area contributed by atoms with Gasteiger partial charge in [-0.25, -0.2) is 0 Å². The van der Waals surface area contributed by atoms with Gasteiger partial charge in [-0.3, -0.25) is 0 Å². The fraction of sp³-hybridized carbons (Fsp3) is 0.240. The predicted molar refractivity (Wildman–Crippen MR) is 119 cm³/mol. The zero-order chi connectivity index (χ0) is 22.4.